The molecule has 1 nitrogen and oxygen atoms in total. The predicted molar refractivity (Wildman–Crippen MR) is 40.4 cm³/mol. The zero-order valence-corrected chi connectivity index (χ0v) is 6.10. The Kier molecular flexibility index (Phi) is 1.90. The van der Waals surface area contributed by atoms with E-state index >= 15 is 0 Å². The van der Waals surface area contributed by atoms with Crippen molar-refractivity contribution in [1.29, 1.82) is 0 Å². The molecule has 0 saturated carbocycles. The molecule has 56 valence electrons. The van der Waals surface area contributed by atoms with Crippen LogP contribution in [0.15, 0.2) is 23.8 Å². The summed E-state index contributed by atoms with van der Waals surface area (Å²) in [6.07, 6.45) is 5.62. The minimum absolute atomic E-state index is 0.454. The highest BCUT2D eigenvalue weighted by Gasteiger charge is 2.19. The average molecular weight is 141 g/mol. The smallest absolute Gasteiger partial charge is 0.130 e. The number of rotatable bonds is 1. The molecule has 0 aromatic heterocycles. The van der Waals surface area contributed by atoms with Gasteiger partial charge in [-0.15, -0.1) is 0 Å². The monoisotopic (exact) mass is 141 g/mol. The number of nitrogens with two attached hydrogens (primary N) is 1. The molecule has 1 rings (SSSR count). The molecule has 0 amide bonds. The summed E-state index contributed by atoms with van der Waals surface area (Å²) < 4.78 is 13.0. The summed E-state index contributed by atoms with van der Waals surface area (Å²) in [5.74, 6) is 0. The maximum Gasteiger partial charge on any atom is 0.130 e. The van der Waals surface area contributed by atoms with Crippen LogP contribution in [0.1, 0.15) is 13.3 Å². The third-order valence-corrected chi connectivity index (χ3v) is 1.64. The number of hydrogen-bond acceptors (Lipinski definition) is 1. The molecular weight excluding hydrogens is 129 g/mol. The topological polar surface area (TPSA) is 26.0 Å². The van der Waals surface area contributed by atoms with Crippen LogP contribution in [-0.2, 0) is 0 Å². The van der Waals surface area contributed by atoms with E-state index in [0.717, 1.165) is 5.57 Å². The first-order chi connectivity index (χ1) is 4.64. The van der Waals surface area contributed by atoms with Gasteiger partial charge < -0.3 is 5.73 Å². The zero-order valence-electron chi connectivity index (χ0n) is 6.10. The average Bonchev–Trinajstić information content (AvgIpc) is 1.88. The molecule has 1 aliphatic carbocycles. The summed E-state index contributed by atoms with van der Waals surface area (Å²) in [4.78, 5) is 0. The minimum atomic E-state index is -1.15. The number of alkyl halides is 1. The molecule has 0 aliphatic heterocycles. The standard InChI is InChI=1S/C8H12FN/c1-8(9)4-2-7(6-10)3-5-8/h2-4H,5-6,10H2,1H3/t8-/m0/s1. The van der Waals surface area contributed by atoms with Gasteiger partial charge in [0.1, 0.15) is 5.67 Å². The van der Waals surface area contributed by atoms with E-state index in [9.17, 15) is 4.39 Å². The fourth-order valence-electron chi connectivity index (χ4n) is 0.899. The van der Waals surface area contributed by atoms with E-state index < -0.39 is 5.67 Å². The van der Waals surface area contributed by atoms with Gasteiger partial charge in [-0.2, -0.15) is 0 Å². The maximum atomic E-state index is 13.0. The van der Waals surface area contributed by atoms with Crippen molar-refractivity contribution >= 4 is 0 Å². The first-order valence-corrected chi connectivity index (χ1v) is 3.41. The largest absolute Gasteiger partial charge is 0.327 e. The Bertz CT molecular complexity index is 180. The summed E-state index contributed by atoms with van der Waals surface area (Å²) in [5.41, 5.74) is 5.22. The molecule has 0 fully saturated rings. The van der Waals surface area contributed by atoms with Gasteiger partial charge in [-0.3, -0.25) is 0 Å². The van der Waals surface area contributed by atoms with Crippen molar-refractivity contribution in [2.75, 3.05) is 6.54 Å². The minimum Gasteiger partial charge on any atom is -0.327 e. The third kappa shape index (κ3) is 1.67. The van der Waals surface area contributed by atoms with Crippen molar-refractivity contribution < 1.29 is 4.39 Å². The van der Waals surface area contributed by atoms with Crippen LogP contribution < -0.4 is 5.73 Å². The Morgan fingerprint density at radius 1 is 1.80 bits per heavy atom. The van der Waals surface area contributed by atoms with Crippen LogP contribution in [0.25, 0.3) is 0 Å². The van der Waals surface area contributed by atoms with E-state index in [1.54, 1.807) is 19.1 Å². The molecule has 0 heterocycles. The Hall–Kier alpha value is -0.630. The van der Waals surface area contributed by atoms with E-state index in [1.165, 1.54) is 0 Å². The third-order valence-electron chi connectivity index (χ3n) is 1.64. The lowest BCUT2D eigenvalue weighted by molar-refractivity contribution is 0.259. The van der Waals surface area contributed by atoms with Gasteiger partial charge in [0.05, 0.1) is 0 Å². The predicted octanol–water partition coefficient (Wildman–Crippen LogP) is 1.56. The fourth-order valence-corrected chi connectivity index (χ4v) is 0.899. The van der Waals surface area contributed by atoms with E-state index in [-0.39, 0.29) is 0 Å². The number of halogens is 1. The van der Waals surface area contributed by atoms with E-state index in [4.69, 9.17) is 5.73 Å². The lowest BCUT2D eigenvalue weighted by Gasteiger charge is -2.17. The molecule has 0 spiro atoms. The van der Waals surface area contributed by atoms with Crippen molar-refractivity contribution in [1.82, 2.24) is 0 Å². The summed E-state index contributed by atoms with van der Waals surface area (Å²) in [7, 11) is 0. The van der Waals surface area contributed by atoms with Gasteiger partial charge in [0, 0.05) is 13.0 Å². The summed E-state index contributed by atoms with van der Waals surface area (Å²) in [6.45, 7) is 2.07. The molecule has 1 atom stereocenters. The van der Waals surface area contributed by atoms with Crippen molar-refractivity contribution in [3.05, 3.63) is 23.8 Å². The van der Waals surface area contributed by atoms with Gasteiger partial charge in [-0.1, -0.05) is 12.2 Å². The highest BCUT2D eigenvalue weighted by Crippen LogP contribution is 2.23. The van der Waals surface area contributed by atoms with Crippen molar-refractivity contribution in [2.24, 2.45) is 5.73 Å². The molecule has 0 unspecified atom stereocenters. The van der Waals surface area contributed by atoms with E-state index in [0.29, 0.717) is 13.0 Å². The van der Waals surface area contributed by atoms with Gasteiger partial charge in [0.15, 0.2) is 0 Å². The van der Waals surface area contributed by atoms with Gasteiger partial charge >= 0.3 is 0 Å². The molecule has 2 heteroatoms. The van der Waals surface area contributed by atoms with Gasteiger partial charge in [0.25, 0.3) is 0 Å². The summed E-state index contributed by atoms with van der Waals surface area (Å²) in [6, 6.07) is 0. The Labute approximate surface area is 60.4 Å². The maximum absolute atomic E-state index is 13.0. The second kappa shape index (κ2) is 2.54. The van der Waals surface area contributed by atoms with Crippen LogP contribution in [0, 0.1) is 0 Å². The van der Waals surface area contributed by atoms with Crippen LogP contribution in [-0.4, -0.2) is 12.2 Å². The quantitative estimate of drug-likeness (QED) is 0.589. The molecule has 1 aliphatic rings. The van der Waals surface area contributed by atoms with Gasteiger partial charge in [0.2, 0.25) is 0 Å². The molecule has 10 heavy (non-hydrogen) atoms. The highest BCUT2D eigenvalue weighted by atomic mass is 19.1. The fraction of sp³-hybridized carbons (Fsp3) is 0.500. The number of allylic oxidation sites excluding steroid dienone is 2. The highest BCUT2D eigenvalue weighted by molar-refractivity contribution is 5.27. The van der Waals surface area contributed by atoms with Crippen LogP contribution in [0.4, 0.5) is 4.39 Å². The van der Waals surface area contributed by atoms with Crippen LogP contribution in [0.5, 0.6) is 0 Å². The molecule has 0 saturated heterocycles. The molecule has 0 aromatic rings. The lowest BCUT2D eigenvalue weighted by Crippen LogP contribution is -2.17. The Morgan fingerprint density at radius 3 is 2.90 bits per heavy atom. The first-order valence-electron chi connectivity index (χ1n) is 3.41. The van der Waals surface area contributed by atoms with Crippen LogP contribution >= 0.6 is 0 Å². The second-order valence-electron chi connectivity index (χ2n) is 2.80. The Balaban J connectivity index is 2.63. The van der Waals surface area contributed by atoms with Gasteiger partial charge in [-0.25, -0.2) is 4.39 Å². The normalized spacial score (nSPS) is 32.1. The van der Waals surface area contributed by atoms with E-state index in [1.807, 2.05) is 6.08 Å². The molecule has 0 aromatic carbocycles. The SMILES string of the molecule is C[C@]1(F)C=CC(CN)=CC1. The second-order valence-corrected chi connectivity index (χ2v) is 2.80. The molecular formula is C8H12FN. The molecule has 0 bridgehead atoms. The molecule has 0 radical (unpaired) electrons. The van der Waals surface area contributed by atoms with Crippen LogP contribution in [0.3, 0.4) is 0 Å². The lowest BCUT2D eigenvalue weighted by atomic mass is 9.96. The van der Waals surface area contributed by atoms with E-state index in [2.05, 4.69) is 0 Å². The van der Waals surface area contributed by atoms with Crippen molar-refractivity contribution in [3.8, 4) is 0 Å². The summed E-state index contributed by atoms with van der Waals surface area (Å²) in [5, 5.41) is 0. The van der Waals surface area contributed by atoms with Crippen molar-refractivity contribution in [2.45, 2.75) is 19.0 Å². The Morgan fingerprint density at radius 2 is 2.50 bits per heavy atom. The number of hydrogen-bond donors (Lipinski definition) is 1. The van der Waals surface area contributed by atoms with Crippen molar-refractivity contribution in [3.63, 3.8) is 0 Å². The zero-order chi connectivity index (χ0) is 7.61. The molecule has 2 N–H and O–H groups in total. The first kappa shape index (κ1) is 7.48. The summed E-state index contributed by atoms with van der Waals surface area (Å²) >= 11 is 0. The van der Waals surface area contributed by atoms with Crippen LogP contribution in [0.2, 0.25) is 0 Å². The van der Waals surface area contributed by atoms with Gasteiger partial charge in [-0.05, 0) is 18.6 Å².